The van der Waals surface area contributed by atoms with Gasteiger partial charge < -0.3 is 15.7 Å². The van der Waals surface area contributed by atoms with Gasteiger partial charge in [-0.05, 0) is 12.8 Å². The molecule has 1 aliphatic rings. The lowest BCUT2D eigenvalue weighted by atomic mass is 9.90. The molecule has 0 aliphatic heterocycles. The largest absolute Gasteiger partial charge is 0.480 e. The fourth-order valence-electron chi connectivity index (χ4n) is 2.34. The highest BCUT2D eigenvalue weighted by molar-refractivity contribution is 5.78. The topological polar surface area (TPSA) is 78.4 Å². The molecule has 0 bridgehead atoms. The van der Waals surface area contributed by atoms with Gasteiger partial charge >= 0.3 is 5.97 Å². The zero-order valence-corrected chi connectivity index (χ0v) is 10.4. The van der Waals surface area contributed by atoms with Gasteiger partial charge in [-0.1, -0.05) is 25.7 Å². The molecule has 1 aliphatic carbocycles. The number of carboxylic acids is 1. The second-order valence-electron chi connectivity index (χ2n) is 4.71. The van der Waals surface area contributed by atoms with E-state index in [-0.39, 0.29) is 5.91 Å². The summed E-state index contributed by atoms with van der Waals surface area (Å²) in [5.41, 5.74) is -0.783. The molecule has 17 heavy (non-hydrogen) atoms. The molecule has 0 radical (unpaired) electrons. The van der Waals surface area contributed by atoms with Crippen LogP contribution in [0, 0.1) is 0 Å². The number of carbonyl (C=O) groups excluding carboxylic acids is 1. The molecule has 1 amide bonds. The van der Waals surface area contributed by atoms with Crippen molar-refractivity contribution in [2.75, 3.05) is 13.1 Å². The quantitative estimate of drug-likeness (QED) is 0.494. The number of hydrogen-bond acceptors (Lipinski definition) is 3. The first-order chi connectivity index (χ1) is 8.07. The molecule has 0 aromatic carbocycles. The molecule has 0 atom stereocenters. The molecule has 0 spiro atoms. The predicted octanol–water partition coefficient (Wildman–Crippen LogP) is 0.890. The average molecular weight is 242 g/mol. The first-order valence-corrected chi connectivity index (χ1v) is 6.30. The zero-order valence-electron chi connectivity index (χ0n) is 10.4. The summed E-state index contributed by atoms with van der Waals surface area (Å²) >= 11 is 0. The van der Waals surface area contributed by atoms with Gasteiger partial charge in [0.05, 0.1) is 0 Å². The Hall–Kier alpha value is -1.10. The first kappa shape index (κ1) is 14.0. The second-order valence-corrected chi connectivity index (χ2v) is 4.71. The van der Waals surface area contributed by atoms with Gasteiger partial charge in [-0.3, -0.25) is 9.59 Å². The third kappa shape index (κ3) is 4.34. The Bertz CT molecular complexity index is 271. The molecular weight excluding hydrogens is 220 g/mol. The summed E-state index contributed by atoms with van der Waals surface area (Å²) in [5.74, 6) is -0.848. The van der Waals surface area contributed by atoms with Crippen molar-refractivity contribution in [2.45, 2.75) is 51.0 Å². The average Bonchev–Trinajstić information content (AvgIpc) is 2.50. The lowest BCUT2D eigenvalue weighted by molar-refractivity contribution is -0.145. The molecule has 0 aromatic heterocycles. The predicted molar refractivity (Wildman–Crippen MR) is 64.8 cm³/mol. The summed E-state index contributed by atoms with van der Waals surface area (Å²) < 4.78 is 0. The van der Waals surface area contributed by atoms with Crippen LogP contribution in [-0.4, -0.2) is 35.6 Å². The number of rotatable bonds is 5. The van der Waals surface area contributed by atoms with Crippen molar-refractivity contribution in [2.24, 2.45) is 0 Å². The molecule has 5 heteroatoms. The van der Waals surface area contributed by atoms with E-state index in [9.17, 15) is 14.7 Å². The molecule has 0 aromatic rings. The normalized spacial score (nSPS) is 19.4. The van der Waals surface area contributed by atoms with Crippen molar-refractivity contribution in [3.05, 3.63) is 0 Å². The number of aliphatic carboxylic acids is 1. The molecule has 0 unspecified atom stereocenters. The zero-order chi connectivity index (χ0) is 12.7. The second kappa shape index (κ2) is 6.59. The lowest BCUT2D eigenvalue weighted by Crippen LogP contribution is -2.53. The van der Waals surface area contributed by atoms with Crippen LogP contribution in [-0.2, 0) is 9.59 Å². The van der Waals surface area contributed by atoms with Crippen LogP contribution < -0.4 is 10.6 Å². The summed E-state index contributed by atoms with van der Waals surface area (Å²) in [7, 11) is 0. The van der Waals surface area contributed by atoms with Crippen molar-refractivity contribution in [3.8, 4) is 0 Å². The third-order valence-corrected chi connectivity index (χ3v) is 3.33. The molecule has 1 fully saturated rings. The van der Waals surface area contributed by atoms with Crippen molar-refractivity contribution in [1.82, 2.24) is 10.6 Å². The fraction of sp³-hybridized carbons (Fsp3) is 0.833. The highest BCUT2D eigenvalue weighted by atomic mass is 16.4. The maximum absolute atomic E-state index is 11.4. The van der Waals surface area contributed by atoms with E-state index in [2.05, 4.69) is 10.6 Å². The standard InChI is InChI=1S/C12H22N2O3/c1-10(15)13-8-9-14-12(11(16)17)6-4-2-3-5-7-12/h14H,2-9H2,1H3,(H,13,15)(H,16,17). The van der Waals surface area contributed by atoms with Gasteiger partial charge in [-0.25, -0.2) is 0 Å². The van der Waals surface area contributed by atoms with Crippen LogP contribution >= 0.6 is 0 Å². The molecule has 1 rings (SSSR count). The number of hydrogen-bond donors (Lipinski definition) is 3. The van der Waals surface area contributed by atoms with Crippen LogP contribution in [0.1, 0.15) is 45.4 Å². The highest BCUT2D eigenvalue weighted by Gasteiger charge is 2.37. The Morgan fingerprint density at radius 3 is 2.18 bits per heavy atom. The van der Waals surface area contributed by atoms with Crippen LogP contribution in [0.25, 0.3) is 0 Å². The molecule has 0 saturated heterocycles. The molecule has 0 heterocycles. The van der Waals surface area contributed by atoms with E-state index in [4.69, 9.17) is 0 Å². The number of carbonyl (C=O) groups is 2. The Morgan fingerprint density at radius 1 is 1.12 bits per heavy atom. The van der Waals surface area contributed by atoms with Crippen LogP contribution in [0.15, 0.2) is 0 Å². The van der Waals surface area contributed by atoms with Gasteiger partial charge in [0.15, 0.2) is 0 Å². The van der Waals surface area contributed by atoms with E-state index < -0.39 is 11.5 Å². The van der Waals surface area contributed by atoms with E-state index >= 15 is 0 Å². The molecule has 5 nitrogen and oxygen atoms in total. The van der Waals surface area contributed by atoms with E-state index in [0.717, 1.165) is 25.7 Å². The first-order valence-electron chi connectivity index (χ1n) is 6.30. The Morgan fingerprint density at radius 2 is 1.71 bits per heavy atom. The van der Waals surface area contributed by atoms with E-state index in [1.807, 2.05) is 0 Å². The minimum Gasteiger partial charge on any atom is -0.480 e. The minimum absolute atomic E-state index is 0.0861. The molecule has 3 N–H and O–H groups in total. The summed E-state index contributed by atoms with van der Waals surface area (Å²) in [4.78, 5) is 22.1. The Labute approximate surface area is 102 Å². The lowest BCUT2D eigenvalue weighted by Gasteiger charge is -2.29. The smallest absolute Gasteiger partial charge is 0.323 e. The SMILES string of the molecule is CC(=O)NCCNC1(C(=O)O)CCCCCC1. The van der Waals surface area contributed by atoms with Gasteiger partial charge in [0, 0.05) is 20.0 Å². The summed E-state index contributed by atoms with van der Waals surface area (Å²) in [6, 6.07) is 0. The summed E-state index contributed by atoms with van der Waals surface area (Å²) in [5, 5.41) is 15.2. The van der Waals surface area contributed by atoms with Crippen LogP contribution in [0.4, 0.5) is 0 Å². The van der Waals surface area contributed by atoms with Crippen molar-refractivity contribution in [3.63, 3.8) is 0 Å². The monoisotopic (exact) mass is 242 g/mol. The van der Waals surface area contributed by atoms with Gasteiger partial charge in [0.2, 0.25) is 5.91 Å². The maximum Gasteiger partial charge on any atom is 0.323 e. The van der Waals surface area contributed by atoms with Crippen LogP contribution in [0.5, 0.6) is 0 Å². The third-order valence-electron chi connectivity index (χ3n) is 3.33. The number of carboxylic acid groups (broad SMARTS) is 1. The van der Waals surface area contributed by atoms with Crippen LogP contribution in [0.2, 0.25) is 0 Å². The van der Waals surface area contributed by atoms with E-state index in [1.54, 1.807) is 0 Å². The molecular formula is C12H22N2O3. The molecule has 1 saturated carbocycles. The van der Waals surface area contributed by atoms with Crippen molar-refractivity contribution >= 4 is 11.9 Å². The summed E-state index contributed by atoms with van der Waals surface area (Å²) in [6.45, 7) is 2.44. The van der Waals surface area contributed by atoms with Gasteiger partial charge in [0.1, 0.15) is 5.54 Å². The van der Waals surface area contributed by atoms with Crippen molar-refractivity contribution in [1.29, 1.82) is 0 Å². The van der Waals surface area contributed by atoms with Crippen LogP contribution in [0.3, 0.4) is 0 Å². The minimum atomic E-state index is -0.783. The Kier molecular flexibility index (Phi) is 5.41. The molecule has 98 valence electrons. The van der Waals surface area contributed by atoms with Gasteiger partial charge in [0.25, 0.3) is 0 Å². The fourth-order valence-corrected chi connectivity index (χ4v) is 2.34. The highest BCUT2D eigenvalue weighted by Crippen LogP contribution is 2.27. The number of amides is 1. The van der Waals surface area contributed by atoms with Gasteiger partial charge in [-0.2, -0.15) is 0 Å². The number of nitrogens with one attached hydrogen (secondary N) is 2. The Balaban J connectivity index is 2.46. The summed E-state index contributed by atoms with van der Waals surface area (Å²) in [6.07, 6.45) is 5.51. The van der Waals surface area contributed by atoms with Gasteiger partial charge in [-0.15, -0.1) is 0 Å². The van der Waals surface area contributed by atoms with Crippen molar-refractivity contribution < 1.29 is 14.7 Å². The van der Waals surface area contributed by atoms with E-state index in [1.165, 1.54) is 6.92 Å². The van der Waals surface area contributed by atoms with E-state index in [0.29, 0.717) is 25.9 Å². The maximum atomic E-state index is 11.4.